The molecule has 0 aliphatic heterocycles. The number of hydrogen-bond donors (Lipinski definition) is 1. The van der Waals surface area contributed by atoms with Crippen LogP contribution in [0.15, 0.2) is 23.2 Å². The fourth-order valence-corrected chi connectivity index (χ4v) is 1.54. The van der Waals surface area contributed by atoms with Crippen molar-refractivity contribution in [3.63, 3.8) is 0 Å². The van der Waals surface area contributed by atoms with Gasteiger partial charge in [-0.2, -0.15) is 0 Å². The van der Waals surface area contributed by atoms with Crippen LogP contribution in [0.25, 0.3) is 0 Å². The third-order valence-electron chi connectivity index (χ3n) is 2.68. The van der Waals surface area contributed by atoms with E-state index in [2.05, 4.69) is 9.98 Å². The molecule has 0 heterocycles. The Balaban J connectivity index is 3.01. The molecule has 1 atom stereocenters. The van der Waals surface area contributed by atoms with Gasteiger partial charge in [-0.15, -0.1) is 0 Å². The molecule has 0 saturated carbocycles. The topological polar surface area (TPSA) is 87.9 Å². The average molecular weight is 308 g/mol. The molecule has 0 fully saturated rings. The van der Waals surface area contributed by atoms with Crippen molar-refractivity contribution in [1.29, 1.82) is 0 Å². The number of rotatable bonds is 6. The Bertz CT molecular complexity index is 577. The summed E-state index contributed by atoms with van der Waals surface area (Å²) >= 11 is 0. The highest BCUT2D eigenvalue weighted by atomic mass is 16.6. The first-order valence-electron chi connectivity index (χ1n) is 6.77. The molecule has 0 aromatic heterocycles. The zero-order valence-electron chi connectivity index (χ0n) is 13.5. The van der Waals surface area contributed by atoms with Crippen LogP contribution in [-0.4, -0.2) is 43.2 Å². The van der Waals surface area contributed by atoms with Crippen molar-refractivity contribution in [2.75, 3.05) is 14.2 Å². The maximum absolute atomic E-state index is 11.1. The van der Waals surface area contributed by atoms with Crippen LogP contribution in [0.3, 0.4) is 0 Å². The van der Waals surface area contributed by atoms with Gasteiger partial charge in [-0.3, -0.25) is 10.1 Å². The van der Waals surface area contributed by atoms with E-state index in [0.717, 1.165) is 0 Å². The highest BCUT2D eigenvalue weighted by molar-refractivity contribution is 5.85. The largest absolute Gasteiger partial charge is 0.497 e. The lowest BCUT2D eigenvalue weighted by Gasteiger charge is -2.07. The second-order valence-corrected chi connectivity index (χ2v) is 5.65. The Hall–Kier alpha value is -2.44. The van der Waals surface area contributed by atoms with Crippen LogP contribution in [0, 0.1) is 10.1 Å². The molecule has 0 saturated heterocycles. The first-order valence-corrected chi connectivity index (χ1v) is 6.77. The number of methoxy groups -OCH3 is 2. The van der Waals surface area contributed by atoms with Gasteiger partial charge in [0.1, 0.15) is 17.2 Å². The van der Waals surface area contributed by atoms with Crippen LogP contribution in [0.1, 0.15) is 20.8 Å². The summed E-state index contributed by atoms with van der Waals surface area (Å²) in [6, 6.07) is 4.03. The fraction of sp³-hybridized carbons (Fsp3) is 0.467. The lowest BCUT2D eigenvalue weighted by molar-refractivity contribution is -0.551. The van der Waals surface area contributed by atoms with Gasteiger partial charge in [0.15, 0.2) is 5.54 Å². The second-order valence-electron chi connectivity index (χ2n) is 5.65. The van der Waals surface area contributed by atoms with Crippen LogP contribution in [-0.2, 0) is 0 Å². The van der Waals surface area contributed by atoms with Crippen molar-refractivity contribution in [1.82, 2.24) is 0 Å². The minimum absolute atomic E-state index is 0.250. The summed E-state index contributed by atoms with van der Waals surface area (Å²) in [5.74, 6) is 1.11. The highest BCUT2D eigenvalue weighted by Gasteiger charge is 2.21. The molecule has 1 aromatic rings. The normalized spacial score (nSPS) is 13.5. The first kappa shape index (κ1) is 17.6. The zero-order valence-corrected chi connectivity index (χ0v) is 13.5. The van der Waals surface area contributed by atoms with Crippen molar-refractivity contribution in [2.24, 2.45) is 4.99 Å². The summed E-state index contributed by atoms with van der Waals surface area (Å²) in [6.07, 6.45) is 2.68. The second kappa shape index (κ2) is 7.53. The van der Waals surface area contributed by atoms with Crippen molar-refractivity contribution in [3.05, 3.63) is 28.3 Å². The van der Waals surface area contributed by atoms with Crippen molar-refractivity contribution < 1.29 is 19.4 Å². The molecule has 0 unspecified atom stereocenters. The molecule has 22 heavy (non-hydrogen) atoms. The lowest BCUT2D eigenvalue weighted by Crippen LogP contribution is -2.83. The minimum atomic E-state index is -1.04. The van der Waals surface area contributed by atoms with E-state index in [1.807, 2.05) is 20.8 Å². The van der Waals surface area contributed by atoms with E-state index in [1.54, 1.807) is 25.3 Å². The molecule has 1 rings (SSSR count). The van der Waals surface area contributed by atoms with Crippen molar-refractivity contribution in [2.45, 2.75) is 32.4 Å². The first-order chi connectivity index (χ1) is 10.3. The zero-order chi connectivity index (χ0) is 16.8. The Labute approximate surface area is 129 Å². The molecule has 120 valence electrons. The van der Waals surface area contributed by atoms with E-state index in [9.17, 15) is 10.1 Å². The maximum atomic E-state index is 11.1. The summed E-state index contributed by atoms with van der Waals surface area (Å²) in [6.45, 7) is 5.76. The molecule has 7 heteroatoms. The predicted octanol–water partition coefficient (Wildman–Crippen LogP) is 1.00. The Morgan fingerprint density at radius 2 is 2.00 bits per heavy atom. The number of hydrogen-bond acceptors (Lipinski definition) is 5. The van der Waals surface area contributed by atoms with Gasteiger partial charge in [0.25, 0.3) is 0 Å². The number of nitro groups is 1. The van der Waals surface area contributed by atoms with E-state index >= 15 is 0 Å². The molecule has 0 amide bonds. The third kappa shape index (κ3) is 5.51. The molecule has 0 spiro atoms. The van der Waals surface area contributed by atoms with Crippen LogP contribution in [0.2, 0.25) is 0 Å². The van der Waals surface area contributed by atoms with E-state index in [4.69, 9.17) is 9.47 Å². The summed E-state index contributed by atoms with van der Waals surface area (Å²) in [7, 11) is 3.06. The van der Waals surface area contributed by atoms with Gasteiger partial charge in [-0.25, -0.2) is 9.98 Å². The average Bonchev–Trinajstić information content (AvgIpc) is 2.45. The van der Waals surface area contributed by atoms with Gasteiger partial charge in [0.05, 0.1) is 20.4 Å². The standard InChI is InChI=1S/C15H21N3O4/c1-15(2,3)17-10-11(18(19)20)9-16-13-7-6-12(21-4)8-14(13)22-5/h6-11H,1-5H3/p+1/t11-/m1/s1. The molecule has 0 aliphatic rings. The van der Waals surface area contributed by atoms with Crippen molar-refractivity contribution >= 4 is 18.1 Å². The van der Waals surface area contributed by atoms with Gasteiger partial charge >= 0.3 is 6.04 Å². The molecule has 0 aliphatic carbocycles. The number of benzene rings is 1. The molecule has 0 bridgehead atoms. The number of aliphatic imine (C=N–C) groups is 1. The monoisotopic (exact) mass is 308 g/mol. The minimum Gasteiger partial charge on any atom is -0.497 e. The third-order valence-corrected chi connectivity index (χ3v) is 2.68. The van der Waals surface area contributed by atoms with Crippen LogP contribution >= 0.6 is 0 Å². The molecule has 1 aromatic carbocycles. The summed E-state index contributed by atoms with van der Waals surface area (Å²) in [5, 5.41) is 11.1. The molecule has 1 N–H and O–H groups in total. The Morgan fingerprint density at radius 3 is 2.50 bits per heavy atom. The van der Waals surface area contributed by atoms with Gasteiger partial charge in [0, 0.05) is 11.0 Å². The summed E-state index contributed by atoms with van der Waals surface area (Å²) in [5.41, 5.74) is 0.249. The maximum Gasteiger partial charge on any atom is 0.322 e. The Morgan fingerprint density at radius 1 is 1.32 bits per heavy atom. The SMILES string of the molecule is COc1ccc(N=C[C@H](C=[NH+]C(C)(C)C)[N+](=O)[O-])c(OC)c1. The van der Waals surface area contributed by atoms with E-state index < -0.39 is 11.0 Å². The molecule has 7 nitrogen and oxygen atoms in total. The van der Waals surface area contributed by atoms with Gasteiger partial charge < -0.3 is 9.47 Å². The lowest BCUT2D eigenvalue weighted by atomic mass is 10.1. The van der Waals surface area contributed by atoms with Gasteiger partial charge in [0.2, 0.25) is 6.21 Å². The number of ether oxygens (including phenoxy) is 2. The van der Waals surface area contributed by atoms with E-state index in [1.165, 1.54) is 19.5 Å². The molecular formula is C15H22N3O4+. The van der Waals surface area contributed by atoms with Crippen LogP contribution < -0.4 is 14.5 Å². The summed E-state index contributed by atoms with van der Waals surface area (Å²) < 4.78 is 10.3. The van der Waals surface area contributed by atoms with Crippen LogP contribution in [0.5, 0.6) is 11.5 Å². The summed E-state index contributed by atoms with van der Waals surface area (Å²) in [4.78, 5) is 17.8. The predicted molar refractivity (Wildman–Crippen MR) is 85.3 cm³/mol. The van der Waals surface area contributed by atoms with E-state index in [-0.39, 0.29) is 5.54 Å². The van der Waals surface area contributed by atoms with Gasteiger partial charge in [-0.1, -0.05) is 0 Å². The highest BCUT2D eigenvalue weighted by Crippen LogP contribution is 2.31. The quantitative estimate of drug-likeness (QED) is 0.482. The van der Waals surface area contributed by atoms with E-state index in [0.29, 0.717) is 17.2 Å². The van der Waals surface area contributed by atoms with Crippen molar-refractivity contribution in [3.8, 4) is 11.5 Å². The number of nitrogens with zero attached hydrogens (tertiary/aromatic N) is 2. The molecule has 0 radical (unpaired) electrons. The smallest absolute Gasteiger partial charge is 0.322 e. The fourth-order valence-electron chi connectivity index (χ4n) is 1.54. The van der Waals surface area contributed by atoms with Crippen LogP contribution in [0.4, 0.5) is 5.69 Å². The molecular weight excluding hydrogens is 286 g/mol. The van der Waals surface area contributed by atoms with Gasteiger partial charge in [-0.05, 0) is 32.9 Å². The number of nitrogens with one attached hydrogen (secondary N) is 1. The Kier molecular flexibility index (Phi) is 6.03.